The van der Waals surface area contributed by atoms with Gasteiger partial charge in [0.05, 0.1) is 29.7 Å². The number of pyridine rings is 2. The van der Waals surface area contributed by atoms with E-state index in [2.05, 4.69) is 10.3 Å². The fourth-order valence-electron chi connectivity index (χ4n) is 3.57. The summed E-state index contributed by atoms with van der Waals surface area (Å²) in [7, 11) is 1.94. The SMILES string of the molecule is CC(=O)Nc1cc2c(-c3cc(OCC#N)cc(C4CCOC4)n3)cn(C)c2cn1. The van der Waals surface area contributed by atoms with Crippen LogP contribution >= 0.6 is 0 Å². The second kappa shape index (κ2) is 7.89. The van der Waals surface area contributed by atoms with Gasteiger partial charge in [0.25, 0.3) is 0 Å². The lowest BCUT2D eigenvalue weighted by Gasteiger charge is -2.12. The number of ether oxygens (including phenoxy) is 2. The van der Waals surface area contributed by atoms with Crippen molar-refractivity contribution in [3.05, 3.63) is 36.3 Å². The molecule has 4 rings (SSSR count). The molecule has 8 nitrogen and oxygen atoms in total. The van der Waals surface area contributed by atoms with Gasteiger partial charge in [0.2, 0.25) is 5.91 Å². The molecule has 1 atom stereocenters. The Morgan fingerprint density at radius 2 is 2.31 bits per heavy atom. The summed E-state index contributed by atoms with van der Waals surface area (Å²) in [5.41, 5.74) is 3.46. The Morgan fingerprint density at radius 1 is 1.45 bits per heavy atom. The Bertz CT molecular complexity index is 1110. The molecule has 0 saturated carbocycles. The fraction of sp³-hybridized carbons (Fsp3) is 0.333. The molecule has 1 saturated heterocycles. The maximum Gasteiger partial charge on any atom is 0.222 e. The molecule has 0 aromatic carbocycles. The molecule has 1 unspecified atom stereocenters. The van der Waals surface area contributed by atoms with Gasteiger partial charge in [0, 0.05) is 55.8 Å². The number of carbonyl (C=O) groups is 1. The average molecular weight is 391 g/mol. The van der Waals surface area contributed by atoms with Crippen molar-refractivity contribution in [2.45, 2.75) is 19.3 Å². The monoisotopic (exact) mass is 391 g/mol. The molecule has 1 aliphatic rings. The van der Waals surface area contributed by atoms with Crippen LogP contribution in [0.25, 0.3) is 22.2 Å². The first-order valence-electron chi connectivity index (χ1n) is 9.37. The Hall–Kier alpha value is -3.44. The van der Waals surface area contributed by atoms with Crippen LogP contribution in [-0.2, 0) is 16.6 Å². The summed E-state index contributed by atoms with van der Waals surface area (Å²) in [4.78, 5) is 20.6. The molecule has 1 fully saturated rings. The lowest BCUT2D eigenvalue weighted by Crippen LogP contribution is -2.07. The Kier molecular flexibility index (Phi) is 5.14. The number of rotatable bonds is 5. The summed E-state index contributed by atoms with van der Waals surface area (Å²) in [5.74, 6) is 1.11. The van der Waals surface area contributed by atoms with Gasteiger partial charge >= 0.3 is 0 Å². The molecule has 4 heterocycles. The molecule has 3 aromatic rings. The van der Waals surface area contributed by atoms with Gasteiger partial charge in [-0.25, -0.2) is 4.98 Å². The normalized spacial score (nSPS) is 16.0. The van der Waals surface area contributed by atoms with Gasteiger partial charge in [-0.1, -0.05) is 0 Å². The lowest BCUT2D eigenvalue weighted by atomic mass is 10.0. The fourth-order valence-corrected chi connectivity index (χ4v) is 3.57. The van der Waals surface area contributed by atoms with Crippen molar-refractivity contribution in [1.29, 1.82) is 5.26 Å². The van der Waals surface area contributed by atoms with Crippen LogP contribution in [0.2, 0.25) is 0 Å². The van der Waals surface area contributed by atoms with Crippen LogP contribution in [0.3, 0.4) is 0 Å². The van der Waals surface area contributed by atoms with Gasteiger partial charge in [-0.2, -0.15) is 5.26 Å². The smallest absolute Gasteiger partial charge is 0.222 e. The highest BCUT2D eigenvalue weighted by molar-refractivity contribution is 5.98. The van der Waals surface area contributed by atoms with Crippen LogP contribution in [0.5, 0.6) is 5.75 Å². The van der Waals surface area contributed by atoms with Gasteiger partial charge in [-0.15, -0.1) is 0 Å². The molecule has 148 valence electrons. The molecule has 1 amide bonds. The summed E-state index contributed by atoms with van der Waals surface area (Å²) in [6.07, 6.45) is 4.61. The summed E-state index contributed by atoms with van der Waals surface area (Å²) < 4.78 is 13.1. The van der Waals surface area contributed by atoms with Crippen molar-refractivity contribution in [3.63, 3.8) is 0 Å². The van der Waals surface area contributed by atoms with E-state index in [9.17, 15) is 4.79 Å². The van der Waals surface area contributed by atoms with E-state index in [1.54, 1.807) is 6.20 Å². The van der Waals surface area contributed by atoms with Crippen LogP contribution in [0, 0.1) is 11.3 Å². The molecular weight excluding hydrogens is 370 g/mol. The minimum Gasteiger partial charge on any atom is -0.479 e. The molecular formula is C21H21N5O3. The van der Waals surface area contributed by atoms with Crippen molar-refractivity contribution in [2.24, 2.45) is 7.05 Å². The first-order chi connectivity index (χ1) is 14.0. The zero-order valence-corrected chi connectivity index (χ0v) is 16.3. The van der Waals surface area contributed by atoms with Crippen molar-refractivity contribution in [3.8, 4) is 23.1 Å². The van der Waals surface area contributed by atoms with Gasteiger partial charge in [0.15, 0.2) is 6.61 Å². The third-order valence-electron chi connectivity index (χ3n) is 4.93. The largest absolute Gasteiger partial charge is 0.479 e. The predicted octanol–water partition coefficient (Wildman–Crippen LogP) is 3.00. The molecule has 0 radical (unpaired) electrons. The Morgan fingerprint density at radius 3 is 3.03 bits per heavy atom. The number of aromatic nitrogens is 3. The number of amides is 1. The molecule has 1 aliphatic heterocycles. The first-order valence-corrected chi connectivity index (χ1v) is 9.37. The van der Waals surface area contributed by atoms with E-state index in [0.29, 0.717) is 24.8 Å². The second-order valence-corrected chi connectivity index (χ2v) is 7.04. The minimum atomic E-state index is -0.178. The predicted molar refractivity (Wildman–Crippen MR) is 108 cm³/mol. The van der Waals surface area contributed by atoms with E-state index in [4.69, 9.17) is 19.7 Å². The highest BCUT2D eigenvalue weighted by Gasteiger charge is 2.22. The summed E-state index contributed by atoms with van der Waals surface area (Å²) in [5, 5.41) is 12.5. The number of aryl methyl sites for hydroxylation is 1. The Labute approximate surface area is 168 Å². The van der Waals surface area contributed by atoms with E-state index < -0.39 is 0 Å². The highest BCUT2D eigenvalue weighted by atomic mass is 16.5. The van der Waals surface area contributed by atoms with Crippen molar-refractivity contribution in [1.82, 2.24) is 14.5 Å². The number of nitrogens with one attached hydrogen (secondary N) is 1. The van der Waals surface area contributed by atoms with E-state index in [1.165, 1.54) is 6.92 Å². The number of carbonyl (C=O) groups excluding carboxylic acids is 1. The first kappa shape index (κ1) is 18.9. The van der Waals surface area contributed by atoms with E-state index in [1.807, 2.05) is 42.1 Å². The number of fused-ring (bicyclic) bond motifs is 1. The minimum absolute atomic E-state index is 0.0316. The van der Waals surface area contributed by atoms with Crippen molar-refractivity contribution >= 4 is 22.6 Å². The third kappa shape index (κ3) is 3.91. The molecule has 0 aliphatic carbocycles. The van der Waals surface area contributed by atoms with Gasteiger partial charge in [-0.05, 0) is 12.5 Å². The van der Waals surface area contributed by atoms with E-state index in [-0.39, 0.29) is 18.4 Å². The number of hydrogen-bond acceptors (Lipinski definition) is 6. The Balaban J connectivity index is 1.83. The second-order valence-electron chi connectivity index (χ2n) is 7.04. The summed E-state index contributed by atoms with van der Waals surface area (Å²) >= 11 is 0. The molecule has 29 heavy (non-hydrogen) atoms. The van der Waals surface area contributed by atoms with E-state index in [0.717, 1.165) is 34.3 Å². The third-order valence-corrected chi connectivity index (χ3v) is 4.93. The molecule has 8 heteroatoms. The van der Waals surface area contributed by atoms with Crippen LogP contribution in [0.4, 0.5) is 5.82 Å². The van der Waals surface area contributed by atoms with Crippen LogP contribution in [-0.4, -0.2) is 40.3 Å². The van der Waals surface area contributed by atoms with Gasteiger partial charge in [0.1, 0.15) is 17.6 Å². The number of hydrogen-bond donors (Lipinski definition) is 1. The zero-order valence-electron chi connectivity index (χ0n) is 16.3. The van der Waals surface area contributed by atoms with Crippen molar-refractivity contribution < 1.29 is 14.3 Å². The topological polar surface area (TPSA) is 102 Å². The maximum atomic E-state index is 11.4. The quantitative estimate of drug-likeness (QED) is 0.717. The van der Waals surface area contributed by atoms with Crippen LogP contribution < -0.4 is 10.1 Å². The molecule has 3 aromatic heterocycles. The lowest BCUT2D eigenvalue weighted by molar-refractivity contribution is -0.114. The standard InChI is InChI=1S/C21H21N5O3/c1-13(27)24-21-9-16-17(11-26(2)20(16)10-23-21)19-8-15(29-6-4-22)7-18(25-19)14-3-5-28-12-14/h7-11,14H,3,5-6,12H2,1-2H3,(H,23,24,27). The summed E-state index contributed by atoms with van der Waals surface area (Å²) in [6, 6.07) is 7.57. The van der Waals surface area contributed by atoms with Crippen LogP contribution in [0.15, 0.2) is 30.6 Å². The summed E-state index contributed by atoms with van der Waals surface area (Å²) in [6.45, 7) is 2.76. The van der Waals surface area contributed by atoms with Crippen LogP contribution in [0.1, 0.15) is 25.0 Å². The van der Waals surface area contributed by atoms with Crippen molar-refractivity contribution in [2.75, 3.05) is 25.1 Å². The maximum absolute atomic E-state index is 11.4. The average Bonchev–Trinajstić information content (AvgIpc) is 3.34. The molecule has 0 spiro atoms. The van der Waals surface area contributed by atoms with Gasteiger partial charge < -0.3 is 19.4 Å². The highest BCUT2D eigenvalue weighted by Crippen LogP contribution is 2.34. The van der Waals surface area contributed by atoms with Gasteiger partial charge in [-0.3, -0.25) is 9.78 Å². The van der Waals surface area contributed by atoms with E-state index >= 15 is 0 Å². The number of nitrogens with zero attached hydrogens (tertiary/aromatic N) is 4. The molecule has 0 bridgehead atoms. The zero-order chi connectivity index (χ0) is 20.4. The number of nitriles is 1. The molecule has 1 N–H and O–H groups in total. The number of anilines is 1.